The second kappa shape index (κ2) is 7.24. The van der Waals surface area contributed by atoms with Crippen LogP contribution >= 0.6 is 12.4 Å². The highest BCUT2D eigenvalue weighted by atomic mass is 35.5. The van der Waals surface area contributed by atoms with Gasteiger partial charge in [-0.2, -0.15) is 0 Å². The lowest BCUT2D eigenvalue weighted by Crippen LogP contribution is -2.52. The van der Waals surface area contributed by atoms with Crippen LogP contribution in [0, 0.1) is 12.3 Å². The molecule has 0 aliphatic carbocycles. The molecule has 0 saturated carbocycles. The summed E-state index contributed by atoms with van der Waals surface area (Å²) in [6.45, 7) is 8.80. The molecule has 6 nitrogen and oxygen atoms in total. The summed E-state index contributed by atoms with van der Waals surface area (Å²) in [7, 11) is 0. The Balaban J connectivity index is 0.00000220. The Morgan fingerprint density at radius 3 is 2.90 bits per heavy atom. The molecule has 1 amide bonds. The third kappa shape index (κ3) is 4.98. The molecule has 1 aliphatic rings. The largest absolute Gasteiger partial charge is 0.360 e. The third-order valence-electron chi connectivity index (χ3n) is 3.94. The second-order valence-electron chi connectivity index (χ2n) is 6.28. The van der Waals surface area contributed by atoms with Crippen molar-refractivity contribution in [2.24, 2.45) is 11.1 Å². The van der Waals surface area contributed by atoms with Crippen LogP contribution in [0.3, 0.4) is 0 Å². The van der Waals surface area contributed by atoms with Gasteiger partial charge in [-0.3, -0.25) is 4.79 Å². The number of amides is 1. The first kappa shape index (κ1) is 17.9. The van der Waals surface area contributed by atoms with Crippen molar-refractivity contribution >= 4 is 24.1 Å². The third-order valence-corrected chi connectivity index (χ3v) is 3.94. The number of aromatic nitrogens is 1. The quantitative estimate of drug-likeness (QED) is 0.884. The Bertz CT molecular complexity index is 475. The van der Waals surface area contributed by atoms with Crippen molar-refractivity contribution in [1.29, 1.82) is 0 Å². The van der Waals surface area contributed by atoms with Crippen molar-refractivity contribution < 1.29 is 9.32 Å². The molecule has 3 N–H and O–H groups in total. The Morgan fingerprint density at radius 1 is 1.62 bits per heavy atom. The average Bonchev–Trinajstić information content (AvgIpc) is 2.76. The van der Waals surface area contributed by atoms with Gasteiger partial charge in [-0.25, -0.2) is 0 Å². The van der Waals surface area contributed by atoms with Gasteiger partial charge in [-0.05, 0) is 25.3 Å². The van der Waals surface area contributed by atoms with E-state index >= 15 is 0 Å². The van der Waals surface area contributed by atoms with Gasteiger partial charge >= 0.3 is 0 Å². The molecular formula is C14H25ClN4O2. The van der Waals surface area contributed by atoms with E-state index in [-0.39, 0.29) is 29.8 Å². The minimum atomic E-state index is -0.0361. The van der Waals surface area contributed by atoms with Crippen LogP contribution in [-0.4, -0.2) is 41.6 Å². The van der Waals surface area contributed by atoms with Crippen LogP contribution in [-0.2, 0) is 4.79 Å². The zero-order chi connectivity index (χ0) is 14.8. The number of hydrogen-bond acceptors (Lipinski definition) is 5. The molecule has 120 valence electrons. The summed E-state index contributed by atoms with van der Waals surface area (Å²) >= 11 is 0. The van der Waals surface area contributed by atoms with Crippen LogP contribution in [0.1, 0.15) is 32.4 Å². The van der Waals surface area contributed by atoms with Gasteiger partial charge in [0.1, 0.15) is 5.76 Å². The number of piperidine rings is 1. The van der Waals surface area contributed by atoms with Gasteiger partial charge in [0.15, 0.2) is 5.82 Å². The maximum atomic E-state index is 11.8. The number of halogens is 1. The highest BCUT2D eigenvalue weighted by Gasteiger charge is 2.33. The molecule has 0 radical (unpaired) electrons. The number of rotatable bonds is 4. The molecule has 0 aromatic carbocycles. The topological polar surface area (TPSA) is 84.4 Å². The van der Waals surface area contributed by atoms with Crippen molar-refractivity contribution in [3.05, 3.63) is 11.8 Å². The van der Waals surface area contributed by atoms with E-state index in [2.05, 4.69) is 29.2 Å². The molecule has 0 bridgehead atoms. The Morgan fingerprint density at radius 2 is 2.33 bits per heavy atom. The van der Waals surface area contributed by atoms with Crippen LogP contribution in [0.25, 0.3) is 0 Å². The van der Waals surface area contributed by atoms with Gasteiger partial charge in [0.2, 0.25) is 5.91 Å². The molecule has 21 heavy (non-hydrogen) atoms. The number of nitrogens with one attached hydrogen (secondary N) is 1. The van der Waals surface area contributed by atoms with Crippen LogP contribution < -0.4 is 11.1 Å². The first-order chi connectivity index (χ1) is 9.37. The Hall–Kier alpha value is -1.11. The standard InChI is InChI=1S/C14H24N4O2.ClH/c1-10-8-12(17-20-10)16-13(19)5-7-18-6-4-11(15)14(2,3)9-18;/h8,11H,4-7,9,15H2,1-3H3,(H,16,17,19);1H. The fourth-order valence-electron chi connectivity index (χ4n) is 2.57. The Kier molecular flexibility index (Phi) is 6.19. The highest BCUT2D eigenvalue weighted by molar-refractivity contribution is 5.89. The van der Waals surface area contributed by atoms with Gasteiger partial charge in [-0.1, -0.05) is 19.0 Å². The zero-order valence-corrected chi connectivity index (χ0v) is 13.7. The van der Waals surface area contributed by atoms with Gasteiger partial charge in [-0.15, -0.1) is 12.4 Å². The van der Waals surface area contributed by atoms with Gasteiger partial charge in [0.05, 0.1) is 0 Å². The van der Waals surface area contributed by atoms with E-state index < -0.39 is 0 Å². The number of likely N-dealkylation sites (tertiary alicyclic amines) is 1. The number of anilines is 1. The molecular weight excluding hydrogens is 292 g/mol. The fraction of sp³-hybridized carbons (Fsp3) is 0.714. The molecule has 0 spiro atoms. The van der Waals surface area contributed by atoms with E-state index in [0.29, 0.717) is 18.0 Å². The predicted octanol–water partition coefficient (Wildman–Crippen LogP) is 1.79. The number of nitrogens with two attached hydrogens (primary N) is 1. The number of hydrogen-bond donors (Lipinski definition) is 2. The lowest BCUT2D eigenvalue weighted by molar-refractivity contribution is -0.116. The molecule has 1 aromatic heterocycles. The normalized spacial score (nSPS) is 21.6. The maximum Gasteiger partial charge on any atom is 0.226 e. The smallest absolute Gasteiger partial charge is 0.226 e. The second-order valence-corrected chi connectivity index (χ2v) is 6.28. The summed E-state index contributed by atoms with van der Waals surface area (Å²) in [5.74, 6) is 1.13. The zero-order valence-electron chi connectivity index (χ0n) is 12.9. The van der Waals surface area contributed by atoms with Crippen molar-refractivity contribution in [3.63, 3.8) is 0 Å². The molecule has 1 fully saturated rings. The molecule has 1 atom stereocenters. The predicted molar refractivity (Wildman–Crippen MR) is 84.5 cm³/mol. The molecule has 1 aliphatic heterocycles. The number of carbonyl (C=O) groups excluding carboxylic acids is 1. The lowest BCUT2D eigenvalue weighted by atomic mass is 9.80. The summed E-state index contributed by atoms with van der Waals surface area (Å²) in [6.07, 6.45) is 1.44. The van der Waals surface area contributed by atoms with E-state index in [1.54, 1.807) is 13.0 Å². The van der Waals surface area contributed by atoms with Gasteiger partial charge < -0.3 is 20.5 Å². The van der Waals surface area contributed by atoms with Crippen molar-refractivity contribution in [2.75, 3.05) is 25.0 Å². The molecule has 1 saturated heterocycles. The number of nitrogens with zero attached hydrogens (tertiary/aromatic N) is 2. The summed E-state index contributed by atoms with van der Waals surface area (Å²) in [6, 6.07) is 1.95. The molecule has 1 unspecified atom stereocenters. The highest BCUT2D eigenvalue weighted by Crippen LogP contribution is 2.27. The number of aryl methyl sites for hydroxylation is 1. The van der Waals surface area contributed by atoms with E-state index in [1.807, 2.05) is 0 Å². The first-order valence-electron chi connectivity index (χ1n) is 7.08. The minimum absolute atomic E-state index is 0. The Labute approximate surface area is 131 Å². The molecule has 2 rings (SSSR count). The van der Waals surface area contributed by atoms with Crippen LogP contribution in [0.15, 0.2) is 10.6 Å². The SMILES string of the molecule is Cc1cc(NC(=O)CCN2CCC(N)C(C)(C)C2)no1.Cl. The first-order valence-corrected chi connectivity index (χ1v) is 7.08. The van der Waals surface area contributed by atoms with Gasteiger partial charge in [0, 0.05) is 31.6 Å². The molecule has 2 heterocycles. The number of carbonyl (C=O) groups is 1. The monoisotopic (exact) mass is 316 g/mol. The molecule has 7 heteroatoms. The summed E-state index contributed by atoms with van der Waals surface area (Å²) < 4.78 is 4.91. The summed E-state index contributed by atoms with van der Waals surface area (Å²) in [5.41, 5.74) is 6.22. The van der Waals surface area contributed by atoms with Crippen LogP contribution in [0.4, 0.5) is 5.82 Å². The van der Waals surface area contributed by atoms with Crippen LogP contribution in [0.5, 0.6) is 0 Å². The van der Waals surface area contributed by atoms with Gasteiger partial charge in [0.25, 0.3) is 0 Å². The lowest BCUT2D eigenvalue weighted by Gasteiger charge is -2.42. The van der Waals surface area contributed by atoms with Crippen molar-refractivity contribution in [1.82, 2.24) is 10.1 Å². The van der Waals surface area contributed by atoms with E-state index in [9.17, 15) is 4.79 Å². The average molecular weight is 317 g/mol. The maximum absolute atomic E-state index is 11.8. The minimum Gasteiger partial charge on any atom is -0.360 e. The summed E-state index contributed by atoms with van der Waals surface area (Å²) in [4.78, 5) is 14.1. The van der Waals surface area contributed by atoms with Crippen LogP contribution in [0.2, 0.25) is 0 Å². The van der Waals surface area contributed by atoms with E-state index in [4.69, 9.17) is 10.3 Å². The van der Waals surface area contributed by atoms with E-state index in [1.165, 1.54) is 0 Å². The van der Waals surface area contributed by atoms with E-state index in [0.717, 1.165) is 26.1 Å². The molecule has 1 aromatic rings. The fourth-order valence-corrected chi connectivity index (χ4v) is 2.57. The van der Waals surface area contributed by atoms with Crippen molar-refractivity contribution in [2.45, 2.75) is 39.7 Å². The summed E-state index contributed by atoms with van der Waals surface area (Å²) in [5, 5.41) is 6.48. The van der Waals surface area contributed by atoms with Crippen molar-refractivity contribution in [3.8, 4) is 0 Å².